The highest BCUT2D eigenvalue weighted by atomic mass is 32.1. The third-order valence-electron chi connectivity index (χ3n) is 5.69. The molecule has 2 amide bonds. The number of hydrogen-bond donors (Lipinski definition) is 2. The number of nitrogens with one attached hydrogen (secondary N) is 2. The molecule has 2 aliphatic rings. The number of carbonyl (C=O) groups is 2. The Hall–Kier alpha value is -2.49. The fraction of sp³-hybridized carbons (Fsp3) is 0.650. The van der Waals surface area contributed by atoms with Gasteiger partial charge < -0.3 is 15.5 Å². The van der Waals surface area contributed by atoms with Crippen molar-refractivity contribution in [1.29, 1.82) is 0 Å². The van der Waals surface area contributed by atoms with Gasteiger partial charge in [0.25, 0.3) is 5.56 Å². The van der Waals surface area contributed by atoms with Gasteiger partial charge in [-0.05, 0) is 39.0 Å². The molecule has 1 aliphatic heterocycles. The number of carbonyl (C=O) groups excluding carboxylic acids is 2. The summed E-state index contributed by atoms with van der Waals surface area (Å²) in [7, 11) is 0. The number of thiazole rings is 1. The first-order chi connectivity index (χ1) is 14.4. The zero-order valence-electron chi connectivity index (χ0n) is 17.4. The maximum absolute atomic E-state index is 12.8. The highest BCUT2D eigenvalue weighted by molar-refractivity contribution is 7.22. The van der Waals surface area contributed by atoms with Crippen molar-refractivity contribution in [3.05, 3.63) is 16.7 Å². The smallest absolute Gasteiger partial charge is 0.273 e. The van der Waals surface area contributed by atoms with Crippen molar-refractivity contribution in [2.45, 2.75) is 64.6 Å². The Morgan fingerprint density at radius 3 is 2.87 bits per heavy atom. The van der Waals surface area contributed by atoms with Crippen LogP contribution in [-0.2, 0) is 16.1 Å². The third-order valence-corrected chi connectivity index (χ3v) is 6.79. The molecule has 2 N–H and O–H groups in total. The Morgan fingerprint density at radius 1 is 1.33 bits per heavy atom. The summed E-state index contributed by atoms with van der Waals surface area (Å²) in [4.78, 5) is 48.3. The second-order valence-electron chi connectivity index (χ2n) is 8.27. The van der Waals surface area contributed by atoms with E-state index in [2.05, 4.69) is 25.5 Å². The predicted octanol–water partition coefficient (Wildman–Crippen LogP) is 1.26. The molecule has 30 heavy (non-hydrogen) atoms. The molecule has 2 fully saturated rings. The van der Waals surface area contributed by atoms with Crippen LogP contribution in [0.5, 0.6) is 0 Å². The standard InChI is InChI=1S/C20H28N6O3S/c1-3-12(2)22-15(27)10-26-11-21-17-16(19(26)29)30-20(24-17)25-8-4-5-13(9-25)18(28)23-14-6-7-14/h11-14H,3-10H2,1-2H3,(H,22,27)(H,23,28)/t12-,13+/m1/s1. The number of amides is 2. The predicted molar refractivity (Wildman–Crippen MR) is 116 cm³/mol. The summed E-state index contributed by atoms with van der Waals surface area (Å²) in [6.07, 6.45) is 6.14. The van der Waals surface area contributed by atoms with E-state index in [9.17, 15) is 14.4 Å². The Balaban J connectivity index is 1.49. The van der Waals surface area contributed by atoms with Crippen LogP contribution < -0.4 is 21.1 Å². The van der Waals surface area contributed by atoms with Gasteiger partial charge in [-0.1, -0.05) is 18.3 Å². The Labute approximate surface area is 178 Å². The van der Waals surface area contributed by atoms with Gasteiger partial charge in [0.15, 0.2) is 10.8 Å². The largest absolute Gasteiger partial charge is 0.353 e. The lowest BCUT2D eigenvalue weighted by atomic mass is 9.97. The van der Waals surface area contributed by atoms with Crippen LogP contribution in [0.25, 0.3) is 10.3 Å². The number of hydrogen-bond acceptors (Lipinski definition) is 7. The summed E-state index contributed by atoms with van der Waals surface area (Å²) >= 11 is 1.29. The first kappa shape index (κ1) is 20.8. The molecule has 1 saturated heterocycles. The monoisotopic (exact) mass is 432 g/mol. The van der Waals surface area contributed by atoms with Gasteiger partial charge in [-0.15, -0.1) is 0 Å². The van der Waals surface area contributed by atoms with Gasteiger partial charge in [0.05, 0.1) is 5.92 Å². The molecule has 0 aromatic carbocycles. The van der Waals surface area contributed by atoms with Crippen LogP contribution in [0, 0.1) is 5.92 Å². The van der Waals surface area contributed by atoms with E-state index >= 15 is 0 Å². The van der Waals surface area contributed by atoms with Crippen LogP contribution in [-0.4, -0.2) is 51.5 Å². The molecule has 2 aromatic rings. The fourth-order valence-electron chi connectivity index (χ4n) is 3.57. The molecule has 3 heterocycles. The minimum absolute atomic E-state index is 0.0553. The normalized spacial score (nSPS) is 20.2. The zero-order chi connectivity index (χ0) is 21.3. The van der Waals surface area contributed by atoms with Gasteiger partial charge in [-0.25, -0.2) is 4.98 Å². The molecule has 2 atom stereocenters. The topological polar surface area (TPSA) is 109 Å². The first-order valence-electron chi connectivity index (χ1n) is 10.6. The Kier molecular flexibility index (Phi) is 6.03. The minimum atomic E-state index is -0.261. The van der Waals surface area contributed by atoms with E-state index in [0.29, 0.717) is 28.1 Å². The third kappa shape index (κ3) is 4.63. The summed E-state index contributed by atoms with van der Waals surface area (Å²) in [6, 6.07) is 0.416. The molecule has 162 valence electrons. The highest BCUT2D eigenvalue weighted by Crippen LogP contribution is 2.30. The number of aromatic nitrogens is 3. The van der Waals surface area contributed by atoms with Crippen LogP contribution in [0.15, 0.2) is 11.1 Å². The summed E-state index contributed by atoms with van der Waals surface area (Å²) in [6.45, 7) is 5.26. The van der Waals surface area contributed by atoms with Crippen molar-refractivity contribution < 1.29 is 9.59 Å². The van der Waals surface area contributed by atoms with Gasteiger partial charge in [0.2, 0.25) is 11.8 Å². The average Bonchev–Trinajstić information content (AvgIpc) is 3.44. The molecule has 10 heteroatoms. The van der Waals surface area contributed by atoms with E-state index in [1.54, 1.807) is 0 Å². The van der Waals surface area contributed by atoms with Crippen LogP contribution in [0.2, 0.25) is 0 Å². The van der Waals surface area contributed by atoms with Crippen molar-refractivity contribution >= 4 is 38.6 Å². The van der Waals surface area contributed by atoms with Crippen molar-refractivity contribution in [3.8, 4) is 0 Å². The number of piperidine rings is 1. The quantitative estimate of drug-likeness (QED) is 0.682. The van der Waals surface area contributed by atoms with E-state index in [1.807, 2.05) is 13.8 Å². The van der Waals surface area contributed by atoms with Crippen LogP contribution in [0.3, 0.4) is 0 Å². The molecule has 4 rings (SSSR count). The maximum Gasteiger partial charge on any atom is 0.273 e. The second kappa shape index (κ2) is 8.71. The molecule has 0 bridgehead atoms. The number of anilines is 1. The van der Waals surface area contributed by atoms with Gasteiger partial charge in [-0.3, -0.25) is 19.0 Å². The van der Waals surface area contributed by atoms with Crippen molar-refractivity contribution in [3.63, 3.8) is 0 Å². The molecule has 9 nitrogen and oxygen atoms in total. The molecule has 0 unspecified atom stereocenters. The van der Waals surface area contributed by atoms with E-state index in [0.717, 1.165) is 38.6 Å². The fourth-order valence-corrected chi connectivity index (χ4v) is 4.58. The zero-order valence-corrected chi connectivity index (χ0v) is 18.2. The SMILES string of the molecule is CC[C@@H](C)NC(=O)Cn1cnc2nc(N3CCC[C@H](C(=O)NC4CC4)C3)sc2c1=O. The molecular formula is C20H28N6O3S. The van der Waals surface area contributed by atoms with Gasteiger partial charge in [-0.2, -0.15) is 4.98 Å². The highest BCUT2D eigenvalue weighted by Gasteiger charge is 2.31. The molecule has 0 radical (unpaired) electrons. The molecular weight excluding hydrogens is 404 g/mol. The first-order valence-corrected chi connectivity index (χ1v) is 11.5. The lowest BCUT2D eigenvalue weighted by Crippen LogP contribution is -2.43. The summed E-state index contributed by atoms with van der Waals surface area (Å²) < 4.78 is 1.76. The average molecular weight is 433 g/mol. The molecule has 0 spiro atoms. The molecule has 2 aromatic heterocycles. The number of rotatable bonds is 7. The van der Waals surface area contributed by atoms with Gasteiger partial charge in [0, 0.05) is 25.2 Å². The van der Waals surface area contributed by atoms with Crippen molar-refractivity contribution in [2.24, 2.45) is 5.92 Å². The summed E-state index contributed by atoms with van der Waals surface area (Å²) in [5.74, 6) is -0.144. The second-order valence-corrected chi connectivity index (χ2v) is 9.25. The van der Waals surface area contributed by atoms with E-state index < -0.39 is 0 Å². The molecule has 1 aliphatic carbocycles. The van der Waals surface area contributed by atoms with E-state index in [4.69, 9.17) is 0 Å². The summed E-state index contributed by atoms with van der Waals surface area (Å²) in [5.41, 5.74) is 0.131. The Morgan fingerprint density at radius 2 is 2.13 bits per heavy atom. The Bertz CT molecular complexity index is 998. The molecule has 1 saturated carbocycles. The maximum atomic E-state index is 12.8. The number of fused-ring (bicyclic) bond motifs is 1. The minimum Gasteiger partial charge on any atom is -0.353 e. The van der Waals surface area contributed by atoms with Crippen LogP contribution in [0.1, 0.15) is 46.0 Å². The van der Waals surface area contributed by atoms with Gasteiger partial charge in [0.1, 0.15) is 17.6 Å². The van der Waals surface area contributed by atoms with Crippen molar-refractivity contribution in [2.75, 3.05) is 18.0 Å². The van der Waals surface area contributed by atoms with Crippen molar-refractivity contribution in [1.82, 2.24) is 25.2 Å². The van der Waals surface area contributed by atoms with E-state index in [1.165, 1.54) is 22.2 Å². The summed E-state index contributed by atoms with van der Waals surface area (Å²) in [5, 5.41) is 6.66. The van der Waals surface area contributed by atoms with Crippen LogP contribution >= 0.6 is 11.3 Å². The lowest BCUT2D eigenvalue weighted by molar-refractivity contribution is -0.125. The van der Waals surface area contributed by atoms with Crippen LogP contribution in [0.4, 0.5) is 5.13 Å². The number of nitrogens with zero attached hydrogens (tertiary/aromatic N) is 4. The van der Waals surface area contributed by atoms with E-state index in [-0.39, 0.29) is 35.9 Å². The lowest BCUT2D eigenvalue weighted by Gasteiger charge is -2.31. The van der Waals surface area contributed by atoms with Gasteiger partial charge >= 0.3 is 0 Å².